The molecule has 5 rings (SSSR count). The number of fused-ring (bicyclic) bond motifs is 1. The van der Waals surface area contributed by atoms with Gasteiger partial charge in [0.1, 0.15) is 23.3 Å². The average Bonchev–Trinajstić information content (AvgIpc) is 3.58. The molecule has 1 aliphatic heterocycles. The fourth-order valence-electron chi connectivity index (χ4n) is 6.47. The lowest BCUT2D eigenvalue weighted by atomic mass is 9.95. The van der Waals surface area contributed by atoms with Crippen LogP contribution in [0.4, 0.5) is 11.8 Å². The second-order valence-corrected chi connectivity index (χ2v) is 13.1. The number of nitrogens with two attached hydrogens (primary N) is 1. The summed E-state index contributed by atoms with van der Waals surface area (Å²) in [6.45, 7) is 5.41. The standard InChI is InChI=1S/C34H53N11O4/c1-49-27-9-11-30-28(21-27)32(39-25-13-19-44(20-14-25)31(46)12-10-29(35)33(47)48)41-34(40-30)38-22-26-23-45(43-42-26)18-6-16-36-15-5-17-37-24-7-3-2-4-8-24/h9,11,21,23-25,29,36-37H,2-8,10,12-20,22,35H2,1H3,(H,47,48)(H2,38,39,40,41)/t29-/m0/s1. The summed E-state index contributed by atoms with van der Waals surface area (Å²) < 4.78 is 7.34. The van der Waals surface area contributed by atoms with Crippen LogP contribution in [0, 0.1) is 0 Å². The first kappa shape index (κ1) is 36.2. The Morgan fingerprint density at radius 2 is 1.84 bits per heavy atom. The number of methoxy groups -OCH3 is 1. The normalized spacial score (nSPS) is 16.5. The highest BCUT2D eigenvalue weighted by Crippen LogP contribution is 2.28. The molecule has 0 bridgehead atoms. The topological polar surface area (TPSA) is 197 Å². The van der Waals surface area contributed by atoms with Crippen LogP contribution in [0.2, 0.25) is 0 Å². The third-order valence-corrected chi connectivity index (χ3v) is 9.40. The number of nitrogens with zero attached hydrogens (tertiary/aromatic N) is 6. The first-order valence-electron chi connectivity index (χ1n) is 17.8. The van der Waals surface area contributed by atoms with Crippen LogP contribution in [0.1, 0.15) is 76.3 Å². The number of hydrogen-bond acceptors (Lipinski definition) is 12. The van der Waals surface area contributed by atoms with Crippen molar-refractivity contribution >= 4 is 34.5 Å². The number of nitrogens with one attached hydrogen (secondary N) is 4. The van der Waals surface area contributed by atoms with Gasteiger partial charge in [0.05, 0.1) is 25.4 Å². The number of carbonyl (C=O) groups excluding carboxylic acids is 1. The Kier molecular flexibility index (Phi) is 13.8. The fraction of sp³-hybridized carbons (Fsp3) is 0.647. The van der Waals surface area contributed by atoms with Crippen molar-refractivity contribution in [2.75, 3.05) is 50.5 Å². The summed E-state index contributed by atoms with van der Waals surface area (Å²) in [5, 5.41) is 32.6. The first-order chi connectivity index (χ1) is 23.9. The van der Waals surface area contributed by atoms with Crippen LogP contribution in [0.25, 0.3) is 10.9 Å². The van der Waals surface area contributed by atoms with Crippen LogP contribution in [0.3, 0.4) is 0 Å². The first-order valence-corrected chi connectivity index (χ1v) is 17.8. The van der Waals surface area contributed by atoms with Gasteiger partial charge in [0.25, 0.3) is 0 Å². The zero-order valence-electron chi connectivity index (χ0n) is 28.7. The van der Waals surface area contributed by atoms with Crippen molar-refractivity contribution in [2.24, 2.45) is 5.73 Å². The summed E-state index contributed by atoms with van der Waals surface area (Å²) in [5.74, 6) is 0.703. The number of carboxylic acid groups (broad SMARTS) is 1. The van der Waals surface area contributed by atoms with Crippen LogP contribution in [0.15, 0.2) is 24.4 Å². The molecule has 1 atom stereocenters. The smallest absolute Gasteiger partial charge is 0.320 e. The van der Waals surface area contributed by atoms with Crippen molar-refractivity contribution in [2.45, 2.75) is 102 Å². The Morgan fingerprint density at radius 1 is 1.04 bits per heavy atom. The Hall–Kier alpha value is -4.08. The molecule has 1 amide bonds. The van der Waals surface area contributed by atoms with Gasteiger partial charge in [0.2, 0.25) is 11.9 Å². The highest BCUT2D eigenvalue weighted by molar-refractivity contribution is 5.91. The Bertz CT molecular complexity index is 1490. The van der Waals surface area contributed by atoms with Crippen molar-refractivity contribution in [3.63, 3.8) is 0 Å². The maximum atomic E-state index is 12.6. The van der Waals surface area contributed by atoms with Gasteiger partial charge in [-0.15, -0.1) is 5.10 Å². The summed E-state index contributed by atoms with van der Waals surface area (Å²) in [6.07, 6.45) is 12.6. The van der Waals surface area contributed by atoms with E-state index in [9.17, 15) is 9.59 Å². The van der Waals surface area contributed by atoms with Crippen molar-refractivity contribution < 1.29 is 19.4 Å². The number of anilines is 2. The van der Waals surface area contributed by atoms with Crippen molar-refractivity contribution in [1.82, 2.24) is 40.5 Å². The van der Waals surface area contributed by atoms with E-state index in [2.05, 4.69) is 31.6 Å². The molecular weight excluding hydrogens is 626 g/mol. The fourth-order valence-corrected chi connectivity index (χ4v) is 6.47. The number of likely N-dealkylation sites (tertiary alicyclic amines) is 1. The molecule has 1 saturated heterocycles. The summed E-state index contributed by atoms with van der Waals surface area (Å²) in [6, 6.07) is 5.49. The van der Waals surface area contributed by atoms with Gasteiger partial charge in [-0.25, -0.2) is 4.98 Å². The minimum absolute atomic E-state index is 0.0690. The molecule has 0 unspecified atom stereocenters. The number of carbonyl (C=O) groups is 2. The molecule has 1 saturated carbocycles. The zero-order valence-corrected chi connectivity index (χ0v) is 28.7. The van der Waals surface area contributed by atoms with Crippen LogP contribution in [0.5, 0.6) is 5.75 Å². The van der Waals surface area contributed by atoms with Gasteiger partial charge in [-0.2, -0.15) is 4.98 Å². The van der Waals surface area contributed by atoms with E-state index in [-0.39, 0.29) is 24.8 Å². The number of amides is 1. The molecule has 2 fully saturated rings. The Labute approximate surface area is 288 Å². The largest absolute Gasteiger partial charge is 0.497 e. The lowest BCUT2D eigenvalue weighted by molar-refractivity contribution is -0.139. The maximum Gasteiger partial charge on any atom is 0.320 e. The van der Waals surface area contributed by atoms with Crippen LogP contribution < -0.4 is 31.7 Å². The van der Waals surface area contributed by atoms with Gasteiger partial charge in [0.15, 0.2) is 0 Å². The number of carboxylic acids is 1. The number of aliphatic carboxylic acids is 1. The van der Waals surface area contributed by atoms with E-state index in [4.69, 9.17) is 25.5 Å². The third kappa shape index (κ3) is 11.2. The lowest BCUT2D eigenvalue weighted by Gasteiger charge is -2.33. The summed E-state index contributed by atoms with van der Waals surface area (Å²) in [5.41, 5.74) is 7.14. The van der Waals surface area contributed by atoms with Crippen molar-refractivity contribution in [3.8, 4) is 5.75 Å². The molecule has 15 heteroatoms. The van der Waals surface area contributed by atoms with Crippen molar-refractivity contribution in [1.29, 1.82) is 0 Å². The summed E-state index contributed by atoms with van der Waals surface area (Å²) in [7, 11) is 1.63. The monoisotopic (exact) mass is 679 g/mol. The number of hydrogen-bond donors (Lipinski definition) is 6. The highest BCUT2D eigenvalue weighted by Gasteiger charge is 2.25. The quantitative estimate of drug-likeness (QED) is 0.101. The lowest BCUT2D eigenvalue weighted by Crippen LogP contribution is -2.43. The molecule has 15 nitrogen and oxygen atoms in total. The SMILES string of the molecule is COc1ccc2nc(NCc3cn(CCCNCCCNC4CCCCC4)nn3)nc(NC3CCN(C(=O)CC[C@H](N)C(=O)O)CC3)c2c1. The maximum absolute atomic E-state index is 12.6. The van der Waals surface area contributed by atoms with Crippen molar-refractivity contribution in [3.05, 3.63) is 30.1 Å². The van der Waals surface area contributed by atoms with Gasteiger partial charge in [-0.05, 0) is 82.8 Å². The van der Waals surface area contributed by atoms with E-state index in [1.807, 2.05) is 29.1 Å². The van der Waals surface area contributed by atoms with E-state index in [0.717, 1.165) is 74.5 Å². The molecule has 268 valence electrons. The number of benzene rings is 1. The van der Waals surface area contributed by atoms with E-state index in [0.29, 0.717) is 37.1 Å². The predicted molar refractivity (Wildman–Crippen MR) is 188 cm³/mol. The molecule has 2 aliphatic rings. The minimum Gasteiger partial charge on any atom is -0.497 e. The van der Waals surface area contributed by atoms with E-state index in [1.165, 1.54) is 32.1 Å². The van der Waals surface area contributed by atoms with Gasteiger partial charge in [-0.3, -0.25) is 14.3 Å². The van der Waals surface area contributed by atoms with E-state index in [1.54, 1.807) is 12.0 Å². The van der Waals surface area contributed by atoms with Gasteiger partial charge in [-0.1, -0.05) is 24.5 Å². The number of piperidine rings is 1. The second-order valence-electron chi connectivity index (χ2n) is 13.1. The van der Waals surface area contributed by atoms with Crippen LogP contribution >= 0.6 is 0 Å². The molecule has 3 aromatic rings. The van der Waals surface area contributed by atoms with Crippen LogP contribution in [-0.4, -0.2) is 105 Å². The Balaban J connectivity index is 1.07. The molecule has 2 aromatic heterocycles. The zero-order chi connectivity index (χ0) is 34.4. The Morgan fingerprint density at radius 3 is 2.61 bits per heavy atom. The van der Waals surface area contributed by atoms with Gasteiger partial charge >= 0.3 is 5.97 Å². The second kappa shape index (κ2) is 18.6. The molecule has 3 heterocycles. The van der Waals surface area contributed by atoms with E-state index >= 15 is 0 Å². The molecular formula is C34H53N11O4. The number of ether oxygens (including phenoxy) is 1. The summed E-state index contributed by atoms with van der Waals surface area (Å²) in [4.78, 5) is 35.0. The average molecular weight is 680 g/mol. The third-order valence-electron chi connectivity index (χ3n) is 9.40. The van der Waals surface area contributed by atoms with E-state index < -0.39 is 12.0 Å². The molecule has 7 N–H and O–H groups in total. The predicted octanol–water partition coefficient (Wildman–Crippen LogP) is 2.73. The number of aryl methyl sites for hydroxylation is 1. The number of aromatic nitrogens is 5. The molecule has 49 heavy (non-hydrogen) atoms. The molecule has 1 aliphatic carbocycles. The highest BCUT2D eigenvalue weighted by atomic mass is 16.5. The van der Waals surface area contributed by atoms with Gasteiger partial charge < -0.3 is 41.7 Å². The number of rotatable bonds is 19. The molecule has 0 radical (unpaired) electrons. The molecule has 1 aromatic carbocycles. The minimum atomic E-state index is -1.09. The van der Waals surface area contributed by atoms with Gasteiger partial charge in [0, 0.05) is 43.5 Å². The molecule has 0 spiro atoms. The van der Waals surface area contributed by atoms with Crippen LogP contribution in [-0.2, 0) is 22.7 Å². The summed E-state index contributed by atoms with van der Waals surface area (Å²) >= 11 is 0.